The zero-order valence-electron chi connectivity index (χ0n) is 21.3. The molecule has 0 unspecified atom stereocenters. The monoisotopic (exact) mass is 587 g/mol. The van der Waals surface area contributed by atoms with Crippen LogP contribution < -0.4 is 0 Å². The molecule has 1 aromatic heterocycles. The highest BCUT2D eigenvalue weighted by atomic mass is 32.1. The number of hydrogen-bond acceptors (Lipinski definition) is 4. The quantitative estimate of drug-likeness (QED) is 0.319. The second kappa shape index (κ2) is 11.2. The van der Waals surface area contributed by atoms with Gasteiger partial charge in [0.05, 0.1) is 11.1 Å². The molecule has 0 spiro atoms. The third-order valence-corrected chi connectivity index (χ3v) is 7.67. The van der Waals surface area contributed by atoms with Crippen LogP contribution in [0, 0.1) is 18.7 Å². The minimum atomic E-state index is -5.01. The van der Waals surface area contributed by atoms with Crippen LogP contribution in [-0.2, 0) is 23.7 Å². The second-order valence-electron chi connectivity index (χ2n) is 9.70. The van der Waals surface area contributed by atoms with Crippen LogP contribution in [0.4, 0.5) is 30.7 Å². The molecule has 1 saturated heterocycles. The minimum absolute atomic E-state index is 0.0356. The lowest BCUT2D eigenvalue weighted by atomic mass is 9.78. The van der Waals surface area contributed by atoms with E-state index in [2.05, 4.69) is 4.98 Å². The van der Waals surface area contributed by atoms with E-state index in [-0.39, 0.29) is 42.1 Å². The highest BCUT2D eigenvalue weighted by Gasteiger charge is 2.40. The molecule has 13 heteroatoms. The third-order valence-electron chi connectivity index (χ3n) is 6.91. The van der Waals surface area contributed by atoms with Gasteiger partial charge in [-0.25, -0.2) is 9.37 Å². The Morgan fingerprint density at radius 2 is 1.70 bits per heavy atom. The molecule has 3 aromatic rings. The van der Waals surface area contributed by atoms with E-state index in [1.165, 1.54) is 31.4 Å². The molecule has 2 atom stereocenters. The summed E-state index contributed by atoms with van der Waals surface area (Å²) in [5.41, 5.74) is -2.10. The maximum atomic E-state index is 13.9. The number of piperidine rings is 1. The number of carbonyl (C=O) groups excluding carboxylic acids is 2. The van der Waals surface area contributed by atoms with E-state index in [9.17, 15) is 40.3 Å². The molecule has 40 heavy (non-hydrogen) atoms. The van der Waals surface area contributed by atoms with Gasteiger partial charge in [0, 0.05) is 50.1 Å². The summed E-state index contributed by atoms with van der Waals surface area (Å²) < 4.78 is 93.8. The van der Waals surface area contributed by atoms with Crippen molar-refractivity contribution in [3.05, 3.63) is 86.6 Å². The first-order chi connectivity index (χ1) is 18.6. The topological polar surface area (TPSA) is 53.5 Å². The van der Waals surface area contributed by atoms with Gasteiger partial charge in [-0.2, -0.15) is 26.3 Å². The Bertz CT molecular complexity index is 1360. The molecule has 0 aliphatic carbocycles. The Hall–Kier alpha value is -3.48. The summed E-state index contributed by atoms with van der Waals surface area (Å²) >= 11 is 1.16. The summed E-state index contributed by atoms with van der Waals surface area (Å²) in [6, 6.07) is 5.27. The van der Waals surface area contributed by atoms with Crippen molar-refractivity contribution in [2.24, 2.45) is 5.92 Å². The molecule has 4 rings (SSSR count). The summed E-state index contributed by atoms with van der Waals surface area (Å²) in [4.78, 5) is 33.3. The first kappa shape index (κ1) is 29.5. The highest BCUT2D eigenvalue weighted by molar-refractivity contribution is 7.11. The maximum Gasteiger partial charge on any atom is 0.416 e. The molecule has 0 radical (unpaired) electrons. The van der Waals surface area contributed by atoms with Crippen LogP contribution in [0.15, 0.2) is 48.0 Å². The number of amides is 2. The fraction of sp³-hybridized carbons (Fsp3) is 0.370. The lowest BCUT2D eigenvalue weighted by Gasteiger charge is -2.40. The fourth-order valence-electron chi connectivity index (χ4n) is 5.01. The maximum absolute atomic E-state index is 13.9. The van der Waals surface area contributed by atoms with Crippen LogP contribution in [0.5, 0.6) is 0 Å². The molecule has 2 heterocycles. The van der Waals surface area contributed by atoms with Gasteiger partial charge >= 0.3 is 12.4 Å². The van der Waals surface area contributed by atoms with Crippen molar-refractivity contribution in [3.63, 3.8) is 0 Å². The Morgan fingerprint density at radius 1 is 1.05 bits per heavy atom. The third kappa shape index (κ3) is 6.45. The molecular weight excluding hydrogens is 563 g/mol. The molecule has 1 fully saturated rings. The Morgan fingerprint density at radius 3 is 2.25 bits per heavy atom. The van der Waals surface area contributed by atoms with Gasteiger partial charge < -0.3 is 9.80 Å². The molecule has 2 aromatic carbocycles. The average Bonchev–Trinajstić information content (AvgIpc) is 3.41. The Labute approximate surface area is 229 Å². The van der Waals surface area contributed by atoms with E-state index >= 15 is 0 Å². The largest absolute Gasteiger partial charge is 0.416 e. The standard InChI is InChI=1S/C27H24F7N3O2S/c1-15-9-19(28)3-4-20(15)22-14-37(25(39)23-35-6-8-40-23)7-5-21(22)24(38)36(2)13-16-10-17(26(29,30)31)12-18(11-16)27(32,33)34/h3-4,6,8-12,21-22H,5,7,13-14H2,1-2H3/t21-,22+/m1/s1. The second-order valence-corrected chi connectivity index (χ2v) is 10.6. The number of alkyl halides is 6. The van der Waals surface area contributed by atoms with Crippen molar-refractivity contribution in [1.29, 1.82) is 0 Å². The van der Waals surface area contributed by atoms with Crippen LogP contribution in [0.3, 0.4) is 0 Å². The lowest BCUT2D eigenvalue weighted by Crippen LogP contribution is -2.47. The molecular formula is C27H24F7N3O2S. The molecule has 0 saturated carbocycles. The van der Waals surface area contributed by atoms with Crippen LogP contribution in [0.1, 0.15) is 50.0 Å². The predicted molar refractivity (Wildman–Crippen MR) is 133 cm³/mol. The number of thiazole rings is 1. The molecule has 1 aliphatic heterocycles. The number of likely N-dealkylation sites (tertiary alicyclic amines) is 1. The number of nitrogens with zero attached hydrogens (tertiary/aromatic N) is 3. The fourth-order valence-corrected chi connectivity index (χ4v) is 5.61. The van der Waals surface area contributed by atoms with E-state index < -0.39 is 53.6 Å². The van der Waals surface area contributed by atoms with E-state index in [1.54, 1.807) is 17.2 Å². The first-order valence-electron chi connectivity index (χ1n) is 12.1. The van der Waals surface area contributed by atoms with Crippen LogP contribution in [0.2, 0.25) is 0 Å². The van der Waals surface area contributed by atoms with Crippen molar-refractivity contribution in [1.82, 2.24) is 14.8 Å². The predicted octanol–water partition coefficient (Wildman–Crippen LogP) is 6.53. The molecule has 1 aliphatic rings. The van der Waals surface area contributed by atoms with Gasteiger partial charge in [0.2, 0.25) is 5.91 Å². The smallest absolute Gasteiger partial charge is 0.341 e. The normalized spacial score (nSPS) is 18.1. The van der Waals surface area contributed by atoms with Gasteiger partial charge in [0.25, 0.3) is 5.91 Å². The summed E-state index contributed by atoms with van der Waals surface area (Å²) in [7, 11) is 1.30. The molecule has 214 valence electrons. The number of benzene rings is 2. The van der Waals surface area contributed by atoms with Gasteiger partial charge in [-0.15, -0.1) is 11.3 Å². The number of rotatable bonds is 5. The first-order valence-corrected chi connectivity index (χ1v) is 13.0. The number of carbonyl (C=O) groups is 2. The Balaban J connectivity index is 1.63. The van der Waals surface area contributed by atoms with Gasteiger partial charge in [0.15, 0.2) is 5.01 Å². The van der Waals surface area contributed by atoms with Crippen molar-refractivity contribution < 1.29 is 40.3 Å². The SMILES string of the molecule is Cc1cc(F)ccc1[C@@H]1CN(C(=O)c2nccs2)CC[C@H]1C(=O)N(C)Cc1cc(C(F)(F)F)cc(C(F)(F)F)c1. The zero-order chi connectivity index (χ0) is 29.4. The zero-order valence-corrected chi connectivity index (χ0v) is 22.1. The lowest BCUT2D eigenvalue weighted by molar-refractivity contribution is -0.143. The number of hydrogen-bond donors (Lipinski definition) is 0. The molecule has 2 amide bonds. The van der Waals surface area contributed by atoms with Gasteiger partial charge in [-0.05, 0) is 60.4 Å². The van der Waals surface area contributed by atoms with Crippen LogP contribution in [-0.4, -0.2) is 46.7 Å². The van der Waals surface area contributed by atoms with Gasteiger partial charge in [0.1, 0.15) is 5.82 Å². The van der Waals surface area contributed by atoms with Gasteiger partial charge in [-0.1, -0.05) is 6.07 Å². The molecule has 0 bridgehead atoms. The van der Waals surface area contributed by atoms with Crippen molar-refractivity contribution in [2.45, 2.75) is 38.2 Å². The summed E-state index contributed by atoms with van der Waals surface area (Å²) in [5, 5.41) is 1.92. The van der Waals surface area contributed by atoms with Crippen LogP contribution >= 0.6 is 11.3 Å². The Kier molecular flexibility index (Phi) is 8.25. The minimum Gasteiger partial charge on any atom is -0.341 e. The summed E-state index contributed by atoms with van der Waals surface area (Å²) in [6.07, 6.45) is -8.36. The van der Waals surface area contributed by atoms with Gasteiger partial charge in [-0.3, -0.25) is 9.59 Å². The van der Waals surface area contributed by atoms with E-state index in [1.807, 2.05) is 0 Å². The summed E-state index contributed by atoms with van der Waals surface area (Å²) in [6.45, 7) is 1.43. The van der Waals surface area contributed by atoms with Crippen molar-refractivity contribution >= 4 is 23.2 Å². The number of halogens is 7. The van der Waals surface area contributed by atoms with Crippen molar-refractivity contribution in [3.8, 4) is 0 Å². The van der Waals surface area contributed by atoms with E-state index in [4.69, 9.17) is 0 Å². The average molecular weight is 588 g/mol. The summed E-state index contributed by atoms with van der Waals surface area (Å²) in [5.74, 6) is -2.69. The van der Waals surface area contributed by atoms with E-state index in [0.717, 1.165) is 16.2 Å². The molecule has 5 nitrogen and oxygen atoms in total. The number of aryl methyl sites for hydroxylation is 1. The van der Waals surface area contributed by atoms with E-state index in [0.29, 0.717) is 23.3 Å². The highest BCUT2D eigenvalue weighted by Crippen LogP contribution is 2.38. The van der Waals surface area contributed by atoms with Crippen molar-refractivity contribution in [2.75, 3.05) is 20.1 Å². The van der Waals surface area contributed by atoms with Crippen LogP contribution in [0.25, 0.3) is 0 Å². The number of aromatic nitrogens is 1. The molecule has 0 N–H and O–H groups in total.